The lowest BCUT2D eigenvalue weighted by atomic mass is 9.78. The molecule has 0 aromatic carbocycles. The van der Waals surface area contributed by atoms with Crippen molar-refractivity contribution in [1.82, 2.24) is 14.7 Å². The summed E-state index contributed by atoms with van der Waals surface area (Å²) in [6, 6.07) is 3.64. The van der Waals surface area contributed by atoms with Crippen LogP contribution in [0.2, 0.25) is 0 Å². The summed E-state index contributed by atoms with van der Waals surface area (Å²) in [5, 5.41) is 10.9. The molecule has 5 fully saturated rings. The number of nitrogens with zero attached hydrogens (tertiary/aromatic N) is 4. The minimum absolute atomic E-state index is 0.0710. The second kappa shape index (κ2) is 10.7. The molecule has 5 rings (SSSR count). The van der Waals surface area contributed by atoms with Crippen LogP contribution in [0.4, 0.5) is 4.79 Å². The van der Waals surface area contributed by atoms with Gasteiger partial charge < -0.3 is 14.2 Å². The lowest BCUT2D eigenvalue weighted by Crippen LogP contribution is -2.67. The van der Waals surface area contributed by atoms with E-state index in [0.29, 0.717) is 17.3 Å². The molecule has 196 valence electrons. The van der Waals surface area contributed by atoms with Crippen LogP contribution in [0, 0.1) is 17.2 Å². The Hall–Kier alpha value is -1.05. The zero-order chi connectivity index (χ0) is 24.6. The molecule has 2 saturated carbocycles. The summed E-state index contributed by atoms with van der Waals surface area (Å²) in [7, 11) is 0. The van der Waals surface area contributed by atoms with Gasteiger partial charge in [-0.2, -0.15) is 17.0 Å². The molecule has 35 heavy (non-hydrogen) atoms. The van der Waals surface area contributed by atoms with Gasteiger partial charge >= 0.3 is 6.09 Å². The van der Waals surface area contributed by atoms with E-state index in [4.69, 9.17) is 14.2 Å². The monoisotopic (exact) mass is 506 g/mol. The van der Waals surface area contributed by atoms with Crippen molar-refractivity contribution < 1.29 is 19.0 Å². The van der Waals surface area contributed by atoms with E-state index in [-0.39, 0.29) is 29.3 Å². The Morgan fingerprint density at radius 1 is 0.914 bits per heavy atom. The summed E-state index contributed by atoms with van der Waals surface area (Å²) in [5.74, 6) is -0.167. The van der Waals surface area contributed by atoms with E-state index in [0.717, 1.165) is 84.7 Å². The van der Waals surface area contributed by atoms with Crippen molar-refractivity contribution in [3.63, 3.8) is 0 Å². The summed E-state index contributed by atoms with van der Waals surface area (Å²) < 4.78 is 17.2. The first kappa shape index (κ1) is 25.6. The van der Waals surface area contributed by atoms with Gasteiger partial charge in [0.2, 0.25) is 0 Å². The van der Waals surface area contributed by atoms with Crippen LogP contribution in [0.5, 0.6) is 0 Å². The lowest BCUT2D eigenvalue weighted by Gasteiger charge is -2.57. The highest BCUT2D eigenvalue weighted by molar-refractivity contribution is 8.00. The summed E-state index contributed by atoms with van der Waals surface area (Å²) in [5.41, 5.74) is -0.551. The molecule has 9 heteroatoms. The van der Waals surface area contributed by atoms with Gasteiger partial charge in [0.05, 0.1) is 44.5 Å². The number of ether oxygens (including phenoxy) is 3. The first-order valence-electron chi connectivity index (χ1n) is 13.5. The van der Waals surface area contributed by atoms with Gasteiger partial charge in [-0.15, -0.1) is 0 Å². The first-order valence-corrected chi connectivity index (χ1v) is 14.5. The lowest BCUT2D eigenvalue weighted by molar-refractivity contribution is -0.0363. The van der Waals surface area contributed by atoms with Crippen LogP contribution in [0.15, 0.2) is 0 Å². The van der Waals surface area contributed by atoms with Crippen molar-refractivity contribution in [2.75, 3.05) is 52.6 Å². The highest BCUT2D eigenvalue weighted by Gasteiger charge is 2.54. The minimum Gasteiger partial charge on any atom is -0.444 e. The van der Waals surface area contributed by atoms with Crippen molar-refractivity contribution in [2.45, 2.75) is 93.1 Å². The van der Waals surface area contributed by atoms with Crippen molar-refractivity contribution in [3.05, 3.63) is 0 Å². The number of thioether (sulfide) groups is 1. The van der Waals surface area contributed by atoms with Crippen molar-refractivity contribution in [3.8, 4) is 6.07 Å². The van der Waals surface area contributed by atoms with Crippen LogP contribution < -0.4 is 0 Å². The van der Waals surface area contributed by atoms with Crippen LogP contribution in [-0.4, -0.2) is 114 Å². The van der Waals surface area contributed by atoms with E-state index >= 15 is 0 Å². The van der Waals surface area contributed by atoms with E-state index in [2.05, 4.69) is 32.5 Å². The quantitative estimate of drug-likeness (QED) is 0.566. The molecular weight excluding hydrogens is 464 g/mol. The third-order valence-electron chi connectivity index (χ3n) is 8.48. The average Bonchev–Trinajstić information content (AvgIpc) is 2.86. The van der Waals surface area contributed by atoms with Gasteiger partial charge in [0.15, 0.2) is 0 Å². The molecule has 7 atom stereocenters. The first-order chi connectivity index (χ1) is 16.8. The fourth-order valence-electron chi connectivity index (χ4n) is 6.92. The molecule has 0 spiro atoms. The van der Waals surface area contributed by atoms with Crippen LogP contribution in [0.1, 0.15) is 52.9 Å². The van der Waals surface area contributed by atoms with Crippen LogP contribution >= 0.6 is 11.8 Å². The number of hydrogen-bond donors (Lipinski definition) is 0. The normalized spacial score (nSPS) is 39.3. The molecule has 5 aliphatic rings. The second-order valence-electron chi connectivity index (χ2n) is 11.8. The molecule has 0 aromatic rings. The smallest absolute Gasteiger partial charge is 0.410 e. The standard InChI is InChI=1S/C26H42N4O4S/c1-26(2,3)34-25(31)30-21-5-4-19(28-6-10-32-11-7-28)15-22(21)35-23-16-20(14-18(17-27)24(23)30)29-8-12-33-13-9-29/h18-24H,4-16H2,1-3H3. The van der Waals surface area contributed by atoms with Crippen molar-refractivity contribution in [2.24, 2.45) is 5.92 Å². The van der Waals surface area contributed by atoms with E-state index in [1.54, 1.807) is 0 Å². The minimum atomic E-state index is -0.551. The van der Waals surface area contributed by atoms with Gasteiger partial charge in [-0.05, 0) is 52.9 Å². The van der Waals surface area contributed by atoms with E-state index < -0.39 is 5.60 Å². The Morgan fingerprint density at radius 3 is 2.11 bits per heavy atom. The zero-order valence-electron chi connectivity index (χ0n) is 21.6. The van der Waals surface area contributed by atoms with Crippen molar-refractivity contribution >= 4 is 17.9 Å². The molecule has 8 nitrogen and oxygen atoms in total. The van der Waals surface area contributed by atoms with Crippen LogP contribution in [-0.2, 0) is 14.2 Å². The third kappa shape index (κ3) is 5.62. The molecule has 3 aliphatic heterocycles. The molecule has 0 radical (unpaired) electrons. The number of hydrogen-bond acceptors (Lipinski definition) is 8. The number of nitriles is 1. The summed E-state index contributed by atoms with van der Waals surface area (Å²) in [6.07, 6.45) is 4.79. The molecule has 3 saturated heterocycles. The SMILES string of the molecule is CC(C)(C)OC(=O)N1C2CCC(N3CCOCC3)CC2SC2CC(N3CCOCC3)CC(C#N)C21. The number of amides is 1. The molecule has 7 unspecified atom stereocenters. The Kier molecular flexibility index (Phi) is 7.86. The van der Waals surface area contributed by atoms with Gasteiger partial charge in [-0.1, -0.05) is 0 Å². The molecule has 2 aliphatic carbocycles. The highest BCUT2D eigenvalue weighted by Crippen LogP contribution is 2.49. The predicted molar refractivity (Wildman–Crippen MR) is 135 cm³/mol. The van der Waals surface area contributed by atoms with E-state index in [1.165, 1.54) is 0 Å². The summed E-state index contributed by atoms with van der Waals surface area (Å²) in [6.45, 7) is 12.9. The fraction of sp³-hybridized carbons (Fsp3) is 0.923. The molecular formula is C26H42N4O4S. The van der Waals surface area contributed by atoms with E-state index in [1.807, 2.05) is 20.8 Å². The van der Waals surface area contributed by atoms with Gasteiger partial charge in [0.25, 0.3) is 0 Å². The fourth-order valence-corrected chi connectivity index (χ4v) is 8.97. The van der Waals surface area contributed by atoms with Gasteiger partial charge in [0.1, 0.15) is 5.60 Å². The maximum atomic E-state index is 13.7. The number of rotatable bonds is 2. The van der Waals surface area contributed by atoms with Gasteiger partial charge in [0, 0.05) is 54.8 Å². The van der Waals surface area contributed by atoms with E-state index in [9.17, 15) is 10.1 Å². The number of fused-ring (bicyclic) bond motifs is 2. The predicted octanol–water partition coefficient (Wildman–Crippen LogP) is 2.96. The highest BCUT2D eigenvalue weighted by atomic mass is 32.2. The van der Waals surface area contributed by atoms with Gasteiger partial charge in [-0.3, -0.25) is 14.7 Å². The average molecular weight is 507 g/mol. The maximum absolute atomic E-state index is 13.7. The Balaban J connectivity index is 1.39. The largest absolute Gasteiger partial charge is 0.444 e. The number of carbonyl (C=O) groups excluding carboxylic acids is 1. The Bertz CT molecular complexity index is 789. The Morgan fingerprint density at radius 2 is 1.51 bits per heavy atom. The number of carbonyl (C=O) groups is 1. The zero-order valence-corrected chi connectivity index (χ0v) is 22.4. The van der Waals surface area contributed by atoms with Crippen molar-refractivity contribution in [1.29, 1.82) is 5.26 Å². The summed E-state index contributed by atoms with van der Waals surface area (Å²) >= 11 is 2.08. The third-order valence-corrected chi connectivity index (χ3v) is 10.2. The maximum Gasteiger partial charge on any atom is 0.410 e. The van der Waals surface area contributed by atoms with Gasteiger partial charge in [-0.25, -0.2) is 4.79 Å². The number of morpholine rings is 2. The van der Waals surface area contributed by atoms with Crippen LogP contribution in [0.3, 0.4) is 0 Å². The summed E-state index contributed by atoms with van der Waals surface area (Å²) in [4.78, 5) is 20.9. The molecule has 0 aromatic heterocycles. The molecule has 0 N–H and O–H groups in total. The Labute approximate surface area is 214 Å². The molecule has 3 heterocycles. The second-order valence-corrected chi connectivity index (χ2v) is 13.3. The topological polar surface area (TPSA) is 78.3 Å². The molecule has 1 amide bonds. The molecule has 0 bridgehead atoms. The van der Waals surface area contributed by atoms with Crippen LogP contribution in [0.25, 0.3) is 0 Å².